The Balaban J connectivity index is 1.51. The van der Waals surface area contributed by atoms with Crippen LogP contribution in [-0.2, 0) is 13.0 Å². The lowest BCUT2D eigenvalue weighted by Gasteiger charge is -2.22. The predicted octanol–water partition coefficient (Wildman–Crippen LogP) is 2.29. The van der Waals surface area contributed by atoms with Crippen LogP contribution in [-0.4, -0.2) is 44.9 Å². The number of halogens is 2. The second-order valence-corrected chi connectivity index (χ2v) is 6.65. The standard InChI is InChI=1S/C17H18F2N4O2/c1-2-14-10(6-23-7-11(5-20-23)16(24)25)3-4-15(21-14)22-8-12-13(9-22)17(12,18)19/h3-5,7,12-13H,2,6,8-9H2,1H3,(H,24,25). The maximum Gasteiger partial charge on any atom is 0.338 e. The minimum atomic E-state index is -2.49. The molecule has 1 N–H and O–H groups in total. The van der Waals surface area contributed by atoms with Crippen molar-refractivity contribution in [3.63, 3.8) is 0 Å². The van der Waals surface area contributed by atoms with E-state index in [1.807, 2.05) is 24.0 Å². The van der Waals surface area contributed by atoms with Crippen LogP contribution in [0.15, 0.2) is 24.5 Å². The molecular weight excluding hydrogens is 330 g/mol. The zero-order chi connectivity index (χ0) is 17.8. The van der Waals surface area contributed by atoms with Crippen molar-refractivity contribution < 1.29 is 18.7 Å². The number of pyridine rings is 1. The van der Waals surface area contributed by atoms with Gasteiger partial charge in [-0.2, -0.15) is 5.10 Å². The molecule has 132 valence electrons. The number of carbonyl (C=O) groups is 1. The molecule has 3 heterocycles. The fraction of sp³-hybridized carbons (Fsp3) is 0.471. The third-order valence-electron chi connectivity index (χ3n) is 5.12. The maximum absolute atomic E-state index is 13.3. The summed E-state index contributed by atoms with van der Waals surface area (Å²) >= 11 is 0. The van der Waals surface area contributed by atoms with Gasteiger partial charge in [0.2, 0.25) is 0 Å². The normalized spacial score (nSPS) is 23.6. The van der Waals surface area contributed by atoms with E-state index in [1.165, 1.54) is 12.4 Å². The number of hydrogen-bond donors (Lipinski definition) is 1. The highest BCUT2D eigenvalue weighted by molar-refractivity contribution is 5.86. The SMILES string of the molecule is CCc1nc(N2CC3C(C2)C3(F)F)ccc1Cn1cc(C(=O)O)cn1. The highest BCUT2D eigenvalue weighted by atomic mass is 19.3. The number of aryl methyl sites for hydroxylation is 1. The van der Waals surface area contributed by atoms with Gasteiger partial charge in [-0.3, -0.25) is 4.68 Å². The number of aromatic nitrogens is 3. The number of nitrogens with zero attached hydrogens (tertiary/aromatic N) is 4. The third kappa shape index (κ3) is 2.65. The molecule has 1 saturated carbocycles. The van der Waals surface area contributed by atoms with Crippen LogP contribution >= 0.6 is 0 Å². The zero-order valence-corrected chi connectivity index (χ0v) is 13.7. The summed E-state index contributed by atoms with van der Waals surface area (Å²) in [6.07, 6.45) is 3.49. The van der Waals surface area contributed by atoms with E-state index in [4.69, 9.17) is 5.11 Å². The van der Waals surface area contributed by atoms with Crippen molar-refractivity contribution in [2.45, 2.75) is 25.8 Å². The summed E-state index contributed by atoms with van der Waals surface area (Å²) < 4.78 is 28.2. The summed E-state index contributed by atoms with van der Waals surface area (Å²) in [5.74, 6) is -3.84. The van der Waals surface area contributed by atoms with E-state index in [2.05, 4.69) is 10.1 Å². The van der Waals surface area contributed by atoms with Gasteiger partial charge in [-0.25, -0.2) is 18.6 Å². The first kappa shape index (κ1) is 16.0. The molecule has 25 heavy (non-hydrogen) atoms. The molecule has 0 amide bonds. The van der Waals surface area contributed by atoms with Gasteiger partial charge in [-0.05, 0) is 18.1 Å². The maximum atomic E-state index is 13.3. The number of piperidine rings is 1. The minimum absolute atomic E-state index is 0.139. The molecule has 0 aromatic carbocycles. The first-order valence-electron chi connectivity index (χ1n) is 8.27. The summed E-state index contributed by atoms with van der Waals surface area (Å²) in [6, 6.07) is 3.77. The second-order valence-electron chi connectivity index (χ2n) is 6.65. The van der Waals surface area contributed by atoms with Gasteiger partial charge in [0.1, 0.15) is 5.82 Å². The van der Waals surface area contributed by atoms with Crippen molar-refractivity contribution >= 4 is 11.8 Å². The molecular formula is C17H18F2N4O2. The smallest absolute Gasteiger partial charge is 0.338 e. The molecule has 2 fully saturated rings. The molecule has 6 nitrogen and oxygen atoms in total. The average molecular weight is 348 g/mol. The Morgan fingerprint density at radius 1 is 1.36 bits per heavy atom. The Morgan fingerprint density at radius 2 is 2.08 bits per heavy atom. The van der Waals surface area contributed by atoms with Crippen LogP contribution in [0.5, 0.6) is 0 Å². The number of carboxylic acid groups (broad SMARTS) is 1. The first-order chi connectivity index (χ1) is 11.9. The minimum Gasteiger partial charge on any atom is -0.478 e. The molecule has 1 saturated heterocycles. The number of carboxylic acids is 1. The lowest BCUT2D eigenvalue weighted by molar-refractivity contribution is 0.0696. The van der Waals surface area contributed by atoms with Gasteiger partial charge in [-0.1, -0.05) is 13.0 Å². The van der Waals surface area contributed by atoms with Crippen molar-refractivity contribution in [1.82, 2.24) is 14.8 Å². The number of fused-ring (bicyclic) bond motifs is 1. The van der Waals surface area contributed by atoms with Crippen molar-refractivity contribution in [1.29, 1.82) is 0 Å². The van der Waals surface area contributed by atoms with E-state index in [0.717, 1.165) is 17.1 Å². The second kappa shape index (κ2) is 5.50. The van der Waals surface area contributed by atoms with Crippen LogP contribution in [0.1, 0.15) is 28.5 Å². The summed E-state index contributed by atoms with van der Waals surface area (Å²) in [5.41, 5.74) is 1.96. The molecule has 2 atom stereocenters. The number of alkyl halides is 2. The Hall–Kier alpha value is -2.51. The molecule has 2 aliphatic rings. The van der Waals surface area contributed by atoms with Crippen LogP contribution < -0.4 is 4.90 Å². The van der Waals surface area contributed by atoms with E-state index >= 15 is 0 Å². The van der Waals surface area contributed by atoms with Crippen molar-refractivity contribution in [2.24, 2.45) is 11.8 Å². The van der Waals surface area contributed by atoms with E-state index in [0.29, 0.717) is 26.1 Å². The van der Waals surface area contributed by atoms with Crippen molar-refractivity contribution in [3.8, 4) is 0 Å². The van der Waals surface area contributed by atoms with Crippen LogP contribution in [0.3, 0.4) is 0 Å². The summed E-state index contributed by atoms with van der Waals surface area (Å²) in [5, 5.41) is 13.0. The lowest BCUT2D eigenvalue weighted by atomic mass is 10.1. The topological polar surface area (TPSA) is 71.2 Å². The summed E-state index contributed by atoms with van der Waals surface area (Å²) in [6.45, 7) is 3.12. The van der Waals surface area contributed by atoms with E-state index < -0.39 is 23.7 Å². The van der Waals surface area contributed by atoms with E-state index in [-0.39, 0.29) is 5.56 Å². The van der Waals surface area contributed by atoms with Crippen LogP contribution in [0.2, 0.25) is 0 Å². The molecule has 8 heteroatoms. The zero-order valence-electron chi connectivity index (χ0n) is 13.7. The van der Waals surface area contributed by atoms with Gasteiger partial charge in [-0.15, -0.1) is 0 Å². The number of rotatable bonds is 5. The van der Waals surface area contributed by atoms with Crippen LogP contribution in [0.25, 0.3) is 0 Å². The number of anilines is 1. The van der Waals surface area contributed by atoms with Gasteiger partial charge in [0.05, 0.1) is 30.1 Å². The van der Waals surface area contributed by atoms with Gasteiger partial charge in [0, 0.05) is 25.0 Å². The molecule has 0 radical (unpaired) electrons. The molecule has 2 aromatic rings. The van der Waals surface area contributed by atoms with Crippen molar-refractivity contribution in [2.75, 3.05) is 18.0 Å². The Bertz CT molecular complexity index is 822. The fourth-order valence-electron chi connectivity index (χ4n) is 3.57. The molecule has 4 rings (SSSR count). The van der Waals surface area contributed by atoms with E-state index in [1.54, 1.807) is 4.68 Å². The summed E-state index contributed by atoms with van der Waals surface area (Å²) in [4.78, 5) is 17.5. The molecule has 2 unspecified atom stereocenters. The quantitative estimate of drug-likeness (QED) is 0.898. The number of hydrogen-bond acceptors (Lipinski definition) is 4. The fourth-order valence-corrected chi connectivity index (χ4v) is 3.57. The Labute approximate surface area is 143 Å². The first-order valence-corrected chi connectivity index (χ1v) is 8.27. The van der Waals surface area contributed by atoms with Gasteiger partial charge in [0.15, 0.2) is 0 Å². The largest absolute Gasteiger partial charge is 0.478 e. The predicted molar refractivity (Wildman–Crippen MR) is 86.0 cm³/mol. The number of aromatic carboxylic acids is 1. The van der Waals surface area contributed by atoms with Gasteiger partial charge < -0.3 is 10.0 Å². The molecule has 2 aromatic heterocycles. The van der Waals surface area contributed by atoms with Gasteiger partial charge >= 0.3 is 5.97 Å². The monoisotopic (exact) mass is 348 g/mol. The highest BCUT2D eigenvalue weighted by Crippen LogP contribution is 2.59. The third-order valence-corrected chi connectivity index (χ3v) is 5.12. The summed E-state index contributed by atoms with van der Waals surface area (Å²) in [7, 11) is 0. The highest BCUT2D eigenvalue weighted by Gasteiger charge is 2.71. The lowest BCUT2D eigenvalue weighted by Crippen LogP contribution is -2.28. The average Bonchev–Trinajstić information content (AvgIpc) is 3.05. The molecule has 1 aliphatic carbocycles. The molecule has 1 aliphatic heterocycles. The van der Waals surface area contributed by atoms with Crippen LogP contribution in [0, 0.1) is 11.8 Å². The van der Waals surface area contributed by atoms with Crippen molar-refractivity contribution in [3.05, 3.63) is 41.3 Å². The van der Waals surface area contributed by atoms with Crippen LogP contribution in [0.4, 0.5) is 14.6 Å². The Morgan fingerprint density at radius 3 is 2.68 bits per heavy atom. The molecule has 0 spiro atoms. The van der Waals surface area contributed by atoms with Gasteiger partial charge in [0.25, 0.3) is 5.92 Å². The molecule has 0 bridgehead atoms. The van der Waals surface area contributed by atoms with E-state index in [9.17, 15) is 13.6 Å². The Kier molecular flexibility index (Phi) is 3.52.